The molecule has 0 radical (unpaired) electrons. The third kappa shape index (κ3) is 2.33. The number of hydrogen-bond acceptors (Lipinski definition) is 3. The number of carbonyl (C=O) groups is 1. The van der Waals surface area contributed by atoms with E-state index in [0.29, 0.717) is 0 Å². The van der Waals surface area contributed by atoms with Crippen molar-refractivity contribution in [2.24, 2.45) is 0 Å². The molecule has 0 aliphatic carbocycles. The molecule has 0 bridgehead atoms. The van der Waals surface area contributed by atoms with Crippen LogP contribution in [0.25, 0.3) is 0 Å². The van der Waals surface area contributed by atoms with Crippen LogP contribution in [0.3, 0.4) is 0 Å². The zero-order valence-electron chi connectivity index (χ0n) is 10.0. The molecule has 0 spiro atoms. The molecule has 0 aromatic heterocycles. The van der Waals surface area contributed by atoms with Crippen molar-refractivity contribution in [2.75, 3.05) is 19.0 Å². The van der Waals surface area contributed by atoms with Crippen molar-refractivity contribution in [3.05, 3.63) is 22.8 Å². The number of carbonyl (C=O) groups excluding carboxylic acids is 1. The van der Waals surface area contributed by atoms with E-state index in [0.717, 1.165) is 28.1 Å². The Kier molecular flexibility index (Phi) is 3.90. The van der Waals surface area contributed by atoms with Crippen molar-refractivity contribution >= 4 is 11.6 Å². The predicted octanol–water partition coefficient (Wildman–Crippen LogP) is 1.55. The van der Waals surface area contributed by atoms with Crippen LogP contribution in [0.5, 0.6) is 5.75 Å². The van der Waals surface area contributed by atoms with Gasteiger partial charge in [-0.3, -0.25) is 4.79 Å². The van der Waals surface area contributed by atoms with Gasteiger partial charge in [0.1, 0.15) is 12.4 Å². The molecule has 4 heteroatoms. The fourth-order valence-electron chi connectivity index (χ4n) is 1.63. The van der Waals surface area contributed by atoms with Crippen molar-refractivity contribution in [1.29, 1.82) is 0 Å². The molecule has 0 atom stereocenters. The fraction of sp³-hybridized carbons (Fsp3) is 0.417. The molecular formula is C12H17NO3. The minimum absolute atomic E-state index is 0.407. The highest BCUT2D eigenvalue weighted by Crippen LogP contribution is 2.30. The summed E-state index contributed by atoms with van der Waals surface area (Å²) in [4.78, 5) is 11.2. The van der Waals surface area contributed by atoms with Crippen LogP contribution in [-0.4, -0.2) is 24.7 Å². The SMILES string of the molecule is COc1cc(C)c(NC(=O)CO)c(C)c1C. The number of benzene rings is 1. The number of aliphatic hydroxyl groups excluding tert-OH is 1. The van der Waals surface area contributed by atoms with Gasteiger partial charge in [0.15, 0.2) is 0 Å². The second-order valence-electron chi connectivity index (χ2n) is 3.73. The lowest BCUT2D eigenvalue weighted by atomic mass is 10.0. The normalized spacial score (nSPS) is 10.1. The third-order valence-electron chi connectivity index (χ3n) is 2.68. The molecule has 0 unspecified atom stereocenters. The van der Waals surface area contributed by atoms with Gasteiger partial charge >= 0.3 is 0 Å². The molecule has 0 heterocycles. The highest BCUT2D eigenvalue weighted by Gasteiger charge is 2.12. The highest BCUT2D eigenvalue weighted by atomic mass is 16.5. The molecule has 0 saturated heterocycles. The van der Waals surface area contributed by atoms with Crippen molar-refractivity contribution in [1.82, 2.24) is 0 Å². The Morgan fingerprint density at radius 3 is 2.50 bits per heavy atom. The number of hydrogen-bond donors (Lipinski definition) is 2. The van der Waals surface area contributed by atoms with Crippen LogP contribution in [0, 0.1) is 20.8 Å². The van der Waals surface area contributed by atoms with Gasteiger partial charge in [-0.25, -0.2) is 0 Å². The Labute approximate surface area is 95.2 Å². The highest BCUT2D eigenvalue weighted by molar-refractivity contribution is 5.93. The lowest BCUT2D eigenvalue weighted by Gasteiger charge is -2.16. The van der Waals surface area contributed by atoms with Crippen LogP contribution < -0.4 is 10.1 Å². The monoisotopic (exact) mass is 223 g/mol. The second-order valence-corrected chi connectivity index (χ2v) is 3.73. The van der Waals surface area contributed by atoms with Crippen molar-refractivity contribution < 1.29 is 14.6 Å². The first-order valence-electron chi connectivity index (χ1n) is 5.06. The predicted molar refractivity (Wildman–Crippen MR) is 62.9 cm³/mol. The molecule has 1 amide bonds. The van der Waals surface area contributed by atoms with E-state index in [1.54, 1.807) is 7.11 Å². The minimum atomic E-state index is -0.510. The second kappa shape index (κ2) is 4.99. The lowest BCUT2D eigenvalue weighted by molar-refractivity contribution is -0.118. The first-order chi connectivity index (χ1) is 7.51. The Morgan fingerprint density at radius 1 is 1.38 bits per heavy atom. The zero-order chi connectivity index (χ0) is 12.3. The van der Waals surface area contributed by atoms with Gasteiger partial charge in [-0.2, -0.15) is 0 Å². The van der Waals surface area contributed by atoms with Crippen molar-refractivity contribution in [3.8, 4) is 5.75 Å². The lowest BCUT2D eigenvalue weighted by Crippen LogP contribution is -2.17. The van der Waals surface area contributed by atoms with Crippen LogP contribution in [-0.2, 0) is 4.79 Å². The summed E-state index contributed by atoms with van der Waals surface area (Å²) < 4.78 is 5.23. The van der Waals surface area contributed by atoms with Gasteiger partial charge in [-0.15, -0.1) is 0 Å². The summed E-state index contributed by atoms with van der Waals surface area (Å²) in [5, 5.41) is 11.4. The number of amides is 1. The smallest absolute Gasteiger partial charge is 0.250 e. The summed E-state index contributed by atoms with van der Waals surface area (Å²) >= 11 is 0. The Bertz CT molecular complexity index is 413. The van der Waals surface area contributed by atoms with Gasteiger partial charge < -0.3 is 15.2 Å². The van der Waals surface area contributed by atoms with E-state index >= 15 is 0 Å². The standard InChI is InChI=1S/C12H17NO3/c1-7-5-10(16-4)8(2)9(3)12(7)13-11(15)6-14/h5,14H,6H2,1-4H3,(H,13,15). The summed E-state index contributed by atoms with van der Waals surface area (Å²) in [6, 6.07) is 1.87. The molecular weight excluding hydrogens is 206 g/mol. The molecule has 0 fully saturated rings. The molecule has 1 rings (SSSR count). The molecule has 4 nitrogen and oxygen atoms in total. The van der Waals surface area contributed by atoms with Crippen LogP contribution in [0.4, 0.5) is 5.69 Å². The van der Waals surface area contributed by atoms with Gasteiger partial charge in [-0.1, -0.05) is 0 Å². The maximum atomic E-state index is 11.2. The van der Waals surface area contributed by atoms with Crippen LogP contribution in [0.1, 0.15) is 16.7 Å². The van der Waals surface area contributed by atoms with E-state index in [1.165, 1.54) is 0 Å². The van der Waals surface area contributed by atoms with Gasteiger partial charge in [0.25, 0.3) is 0 Å². The summed E-state index contributed by atoms with van der Waals surface area (Å²) in [6.45, 7) is 5.23. The maximum absolute atomic E-state index is 11.2. The third-order valence-corrected chi connectivity index (χ3v) is 2.68. The Morgan fingerprint density at radius 2 is 2.00 bits per heavy atom. The van der Waals surface area contributed by atoms with E-state index in [1.807, 2.05) is 26.8 Å². The number of aryl methyl sites for hydroxylation is 1. The molecule has 0 saturated carbocycles. The van der Waals surface area contributed by atoms with E-state index in [2.05, 4.69) is 5.32 Å². The largest absolute Gasteiger partial charge is 0.496 e. The Balaban J connectivity index is 3.20. The number of ether oxygens (including phenoxy) is 1. The van der Waals surface area contributed by atoms with Crippen LogP contribution in [0.15, 0.2) is 6.07 Å². The first-order valence-corrected chi connectivity index (χ1v) is 5.06. The van der Waals surface area contributed by atoms with Gasteiger partial charge in [0.2, 0.25) is 5.91 Å². The van der Waals surface area contributed by atoms with E-state index in [-0.39, 0.29) is 0 Å². The summed E-state index contributed by atoms with van der Waals surface area (Å²) in [5.74, 6) is 0.396. The number of nitrogens with one attached hydrogen (secondary N) is 1. The molecule has 0 aliphatic heterocycles. The number of aliphatic hydroxyl groups is 1. The van der Waals surface area contributed by atoms with Crippen LogP contribution in [0.2, 0.25) is 0 Å². The molecule has 0 aliphatic rings. The van der Waals surface area contributed by atoms with Gasteiger partial charge in [0, 0.05) is 5.69 Å². The van der Waals surface area contributed by atoms with E-state index < -0.39 is 12.5 Å². The number of anilines is 1. The van der Waals surface area contributed by atoms with Gasteiger partial charge in [-0.05, 0) is 43.5 Å². The molecule has 1 aromatic carbocycles. The summed E-state index contributed by atoms with van der Waals surface area (Å²) in [6.07, 6.45) is 0. The zero-order valence-corrected chi connectivity index (χ0v) is 10.0. The maximum Gasteiger partial charge on any atom is 0.250 e. The average molecular weight is 223 g/mol. The van der Waals surface area contributed by atoms with Crippen molar-refractivity contribution in [3.63, 3.8) is 0 Å². The first kappa shape index (κ1) is 12.5. The topological polar surface area (TPSA) is 58.6 Å². The quantitative estimate of drug-likeness (QED) is 0.817. The van der Waals surface area contributed by atoms with E-state index in [4.69, 9.17) is 9.84 Å². The van der Waals surface area contributed by atoms with Gasteiger partial charge in [0.05, 0.1) is 7.11 Å². The number of methoxy groups -OCH3 is 1. The summed E-state index contributed by atoms with van der Waals surface area (Å²) in [7, 11) is 1.62. The minimum Gasteiger partial charge on any atom is -0.496 e. The molecule has 1 aromatic rings. The summed E-state index contributed by atoms with van der Waals surface area (Å²) in [5.41, 5.74) is 3.61. The van der Waals surface area contributed by atoms with Crippen LogP contribution >= 0.6 is 0 Å². The Hall–Kier alpha value is -1.55. The number of rotatable bonds is 3. The molecule has 16 heavy (non-hydrogen) atoms. The van der Waals surface area contributed by atoms with Crippen molar-refractivity contribution in [2.45, 2.75) is 20.8 Å². The molecule has 2 N–H and O–H groups in total. The average Bonchev–Trinajstić information content (AvgIpc) is 2.28. The van der Waals surface area contributed by atoms with E-state index in [9.17, 15) is 4.79 Å². The molecule has 88 valence electrons. The fourth-order valence-corrected chi connectivity index (χ4v) is 1.63.